The van der Waals surface area contributed by atoms with E-state index in [1.807, 2.05) is 9.71 Å². The van der Waals surface area contributed by atoms with Crippen LogP contribution in [-0.2, 0) is 0 Å². The fourth-order valence-corrected chi connectivity index (χ4v) is 1.66. The Morgan fingerprint density at radius 2 is 2.67 bits per heavy atom. The molecule has 0 aliphatic rings. The second kappa shape index (κ2) is 0.695. The fraction of sp³-hybridized carbons (Fsp3) is 0. The van der Waals surface area contributed by atoms with E-state index in [1.165, 1.54) is 4.39 Å². The molecule has 0 aromatic carbocycles. The first-order valence-corrected chi connectivity index (χ1v) is 3.31. The van der Waals surface area contributed by atoms with E-state index in [-0.39, 0.29) is 0 Å². The summed E-state index contributed by atoms with van der Waals surface area (Å²) in [5.41, 5.74) is 0. The van der Waals surface area contributed by atoms with Gasteiger partial charge in [0.2, 0.25) is 0 Å². The van der Waals surface area contributed by atoms with Crippen molar-refractivity contribution in [3.8, 4) is 0 Å². The van der Waals surface area contributed by atoms with Gasteiger partial charge in [0.05, 0.1) is 0 Å². The summed E-state index contributed by atoms with van der Waals surface area (Å²) in [6.45, 7) is 0. The van der Waals surface area contributed by atoms with Gasteiger partial charge in [-0.3, -0.25) is 0 Å². The molecule has 0 aliphatic heterocycles. The normalized spacial score (nSPS) is 11.3. The van der Waals surface area contributed by atoms with E-state index in [0.29, 0.717) is 14.7 Å². The summed E-state index contributed by atoms with van der Waals surface area (Å²) >= 11 is 0.597. The predicted octanol–water partition coefficient (Wildman–Crippen LogP) is -0.171. The standard InChI is InChI=1S/C3H2N2Se/c1-2-5-4-3(1)6-5/h1-2H. The van der Waals surface area contributed by atoms with Crippen LogP contribution in [0.4, 0.5) is 0 Å². The number of hydrogen-bond donors (Lipinski definition) is 0. The first-order chi connectivity index (χ1) is 2.95. The summed E-state index contributed by atoms with van der Waals surface area (Å²) < 4.78 is 3.25. The fourth-order valence-electron chi connectivity index (χ4n) is 0.454. The molecule has 2 bridgehead atoms. The molecule has 0 aliphatic carbocycles. The van der Waals surface area contributed by atoms with Crippen LogP contribution in [0.3, 0.4) is 0 Å². The van der Waals surface area contributed by atoms with Gasteiger partial charge >= 0.3 is 40.0 Å². The zero-order valence-corrected chi connectivity index (χ0v) is 4.67. The number of nitrogens with zero attached hydrogens (tertiary/aromatic N) is 2. The minimum atomic E-state index is 0.597. The van der Waals surface area contributed by atoms with Crippen LogP contribution in [0.25, 0.3) is 4.39 Å². The number of fused-ring (bicyclic) bond motifs is 1. The van der Waals surface area contributed by atoms with Crippen molar-refractivity contribution in [1.29, 1.82) is 0 Å². The Bertz CT molecular complexity index is 170. The molecule has 0 spiro atoms. The third kappa shape index (κ3) is 0.171. The molecule has 3 heteroatoms. The molecular weight excluding hydrogens is 143 g/mol. The van der Waals surface area contributed by atoms with Gasteiger partial charge in [-0.1, -0.05) is 0 Å². The van der Waals surface area contributed by atoms with Crippen LogP contribution < -0.4 is 0 Å². The van der Waals surface area contributed by atoms with Crippen molar-refractivity contribution in [2.45, 2.75) is 0 Å². The Morgan fingerprint density at radius 3 is 2.83 bits per heavy atom. The average Bonchev–Trinajstić information content (AvgIpc) is 1.72. The van der Waals surface area contributed by atoms with Crippen molar-refractivity contribution in [2.75, 3.05) is 0 Å². The van der Waals surface area contributed by atoms with Crippen LogP contribution in [0.2, 0.25) is 0 Å². The van der Waals surface area contributed by atoms with Gasteiger partial charge in [0.15, 0.2) is 0 Å². The number of rotatable bonds is 0. The molecule has 0 amide bonds. The maximum atomic E-state index is 4.00. The Balaban J connectivity index is 3.24. The summed E-state index contributed by atoms with van der Waals surface area (Å²) in [5, 5.41) is 4.00. The molecule has 3 rings (SSSR count). The summed E-state index contributed by atoms with van der Waals surface area (Å²) in [6, 6.07) is 2.06. The van der Waals surface area contributed by atoms with Gasteiger partial charge in [-0.2, -0.15) is 0 Å². The molecule has 0 fully saturated rings. The second-order valence-corrected chi connectivity index (χ2v) is 3.19. The monoisotopic (exact) mass is 146 g/mol. The van der Waals surface area contributed by atoms with Crippen LogP contribution in [0.15, 0.2) is 12.3 Å². The van der Waals surface area contributed by atoms with Crippen molar-refractivity contribution >= 4 is 19.1 Å². The average molecular weight is 145 g/mol. The van der Waals surface area contributed by atoms with Gasteiger partial charge < -0.3 is 0 Å². The van der Waals surface area contributed by atoms with E-state index in [2.05, 4.69) is 11.2 Å². The molecule has 6 heavy (non-hydrogen) atoms. The Hall–Kier alpha value is -0.271. The topological polar surface area (TPSA) is 17.3 Å². The molecule has 0 saturated heterocycles. The van der Waals surface area contributed by atoms with Crippen LogP contribution in [0.1, 0.15) is 0 Å². The summed E-state index contributed by atoms with van der Waals surface area (Å²) in [5.74, 6) is 0. The Labute approximate surface area is 40.7 Å². The van der Waals surface area contributed by atoms with E-state index in [1.54, 1.807) is 0 Å². The molecule has 0 unspecified atom stereocenters. The molecule has 2 nitrogen and oxygen atoms in total. The van der Waals surface area contributed by atoms with E-state index in [9.17, 15) is 0 Å². The van der Waals surface area contributed by atoms with Gasteiger partial charge in [0.1, 0.15) is 0 Å². The third-order valence-electron chi connectivity index (χ3n) is 0.729. The molecular formula is C3H2N2Se. The van der Waals surface area contributed by atoms with Crippen LogP contribution in [0, 0.1) is 0 Å². The summed E-state index contributed by atoms with van der Waals surface area (Å²) in [7, 11) is 0. The second-order valence-electron chi connectivity index (χ2n) is 1.15. The Kier molecular flexibility index (Phi) is 0.328. The molecule has 0 atom stereocenters. The molecule has 0 saturated carbocycles. The first-order valence-electron chi connectivity index (χ1n) is 1.69. The minimum absolute atomic E-state index is 0.597. The molecule has 3 aromatic heterocycles. The summed E-state index contributed by atoms with van der Waals surface area (Å²) in [4.78, 5) is 0. The van der Waals surface area contributed by atoms with Crippen LogP contribution in [0.5, 0.6) is 0 Å². The van der Waals surface area contributed by atoms with E-state index in [4.69, 9.17) is 0 Å². The van der Waals surface area contributed by atoms with Gasteiger partial charge in [-0.25, -0.2) is 0 Å². The van der Waals surface area contributed by atoms with Crippen molar-refractivity contribution in [3.63, 3.8) is 0 Å². The number of aromatic nitrogens is 2. The SMILES string of the molecule is c1cn2nc1[se]2. The van der Waals surface area contributed by atoms with E-state index in [0.717, 1.165) is 0 Å². The van der Waals surface area contributed by atoms with Gasteiger partial charge in [0.25, 0.3) is 0 Å². The zero-order valence-electron chi connectivity index (χ0n) is 2.96. The van der Waals surface area contributed by atoms with E-state index >= 15 is 0 Å². The van der Waals surface area contributed by atoms with Crippen LogP contribution >= 0.6 is 0 Å². The maximum absolute atomic E-state index is 4.00. The van der Waals surface area contributed by atoms with Crippen molar-refractivity contribution in [3.05, 3.63) is 12.3 Å². The van der Waals surface area contributed by atoms with E-state index < -0.39 is 0 Å². The quantitative estimate of drug-likeness (QED) is 0.470. The summed E-state index contributed by atoms with van der Waals surface area (Å²) in [6.07, 6.45) is 2.01. The predicted molar refractivity (Wildman–Crippen MR) is 23.3 cm³/mol. The van der Waals surface area contributed by atoms with Crippen molar-refractivity contribution in [2.24, 2.45) is 0 Å². The van der Waals surface area contributed by atoms with Crippen molar-refractivity contribution < 1.29 is 0 Å². The molecule has 0 radical (unpaired) electrons. The zero-order chi connectivity index (χ0) is 3.98. The van der Waals surface area contributed by atoms with Gasteiger partial charge in [-0.15, -0.1) is 0 Å². The molecule has 3 aromatic rings. The van der Waals surface area contributed by atoms with Gasteiger partial charge in [-0.05, 0) is 0 Å². The number of hydrogen-bond acceptors (Lipinski definition) is 1. The third-order valence-corrected chi connectivity index (χ3v) is 2.40. The van der Waals surface area contributed by atoms with Crippen LogP contribution in [-0.4, -0.2) is 23.3 Å². The van der Waals surface area contributed by atoms with Gasteiger partial charge in [0, 0.05) is 0 Å². The molecule has 0 N–H and O–H groups in total. The molecule has 3 heterocycles. The first kappa shape index (κ1) is 2.83. The molecule has 30 valence electrons. The van der Waals surface area contributed by atoms with Crippen molar-refractivity contribution in [1.82, 2.24) is 8.61 Å². The Morgan fingerprint density at radius 1 is 1.83 bits per heavy atom.